The first kappa shape index (κ1) is 21.8. The number of rotatable bonds is 6. The fraction of sp³-hybridized carbons (Fsp3) is 0.458. The molecule has 0 saturated carbocycles. The average molecular weight is 412 g/mol. The fourth-order valence-electron chi connectivity index (χ4n) is 4.10. The normalized spacial score (nSPS) is 15.0. The smallest absolute Gasteiger partial charge is 0.317 e. The lowest BCUT2D eigenvalue weighted by Gasteiger charge is -2.28. The summed E-state index contributed by atoms with van der Waals surface area (Å²) >= 11 is 0. The minimum Gasteiger partial charge on any atom is -0.351 e. The van der Waals surface area contributed by atoms with Crippen molar-refractivity contribution < 1.29 is 7.65 Å². The lowest BCUT2D eigenvalue weighted by Crippen LogP contribution is -2.43. The molecule has 2 aromatic rings. The van der Waals surface area contributed by atoms with Gasteiger partial charge < -0.3 is 15.5 Å². The molecule has 164 valence electrons. The van der Waals surface area contributed by atoms with Crippen LogP contribution in [0.1, 0.15) is 52.4 Å². The van der Waals surface area contributed by atoms with Crippen molar-refractivity contribution in [1.29, 1.82) is 0 Å². The highest BCUT2D eigenvalue weighted by molar-refractivity contribution is 5.74. The largest absolute Gasteiger partial charge is 0.351 e. The summed E-state index contributed by atoms with van der Waals surface area (Å²) in [7, 11) is 0. The number of urea groups is 1. The Morgan fingerprint density at radius 3 is 2.70 bits per heavy atom. The molecule has 2 N–H and O–H groups in total. The van der Waals surface area contributed by atoms with Gasteiger partial charge in [0, 0.05) is 40.2 Å². The van der Waals surface area contributed by atoms with Gasteiger partial charge in [0.05, 0.1) is 12.2 Å². The van der Waals surface area contributed by atoms with Crippen molar-refractivity contribution in [2.75, 3.05) is 18.4 Å². The quantitative estimate of drug-likeness (QED) is 0.538. The number of anilines is 1. The van der Waals surface area contributed by atoms with Crippen molar-refractivity contribution in [1.82, 2.24) is 20.2 Å². The summed E-state index contributed by atoms with van der Waals surface area (Å²) in [5, 5.41) is 6.49. The van der Waals surface area contributed by atoms with E-state index in [9.17, 15) is 4.79 Å². The van der Waals surface area contributed by atoms with E-state index in [0.29, 0.717) is 31.6 Å². The molecule has 2 amide bonds. The third-order valence-electron chi connectivity index (χ3n) is 5.66. The second-order valence-corrected chi connectivity index (χ2v) is 8.15. The number of fused-ring (bicyclic) bond motifs is 2. The number of nitrogens with one attached hydrogen (secondary N) is 2. The number of allylic oxidation sites excluding steroid dienone is 1. The van der Waals surface area contributed by atoms with Crippen LogP contribution in [-0.4, -0.2) is 40.0 Å². The summed E-state index contributed by atoms with van der Waals surface area (Å²) in [5.41, 5.74) is 6.05. The molecule has 0 spiro atoms. The molecule has 0 bridgehead atoms. The van der Waals surface area contributed by atoms with Crippen molar-refractivity contribution >= 4 is 12.0 Å². The number of nitrogens with zero attached hydrogens (tertiary/aromatic N) is 3. The zero-order chi connectivity index (χ0) is 20.2. The van der Waals surface area contributed by atoms with Gasteiger partial charge >= 0.3 is 6.03 Å². The zero-order valence-corrected chi connectivity index (χ0v) is 17.1. The van der Waals surface area contributed by atoms with Gasteiger partial charge in [-0.15, -0.1) is 6.58 Å². The van der Waals surface area contributed by atoms with Gasteiger partial charge in [-0.25, -0.2) is 14.8 Å². The van der Waals surface area contributed by atoms with Crippen LogP contribution in [0.25, 0.3) is 0 Å². The van der Waals surface area contributed by atoms with Gasteiger partial charge in [0.25, 0.3) is 0 Å². The third kappa shape index (κ3) is 5.17. The molecule has 0 radical (unpaired) electrons. The number of hydrogen-bond acceptors (Lipinski definition) is 4. The highest BCUT2D eigenvalue weighted by atomic mass is 16.2. The summed E-state index contributed by atoms with van der Waals surface area (Å²) in [6.07, 6.45) is 6.52. The molecule has 0 atom stereocenters. The highest BCUT2D eigenvalue weighted by Crippen LogP contribution is 2.24. The monoisotopic (exact) mass is 411 g/mol. The Morgan fingerprint density at radius 2 is 2.00 bits per heavy atom. The van der Waals surface area contributed by atoms with E-state index in [0.717, 1.165) is 48.9 Å². The van der Waals surface area contributed by atoms with Gasteiger partial charge in [0.15, 0.2) is 0 Å². The van der Waals surface area contributed by atoms with Crippen LogP contribution in [-0.2, 0) is 25.8 Å². The lowest BCUT2D eigenvalue weighted by atomic mass is 10.1. The van der Waals surface area contributed by atoms with Crippen molar-refractivity contribution in [2.24, 2.45) is 0 Å². The van der Waals surface area contributed by atoms with Crippen LogP contribution < -0.4 is 10.6 Å². The van der Waals surface area contributed by atoms with Crippen molar-refractivity contribution in [3.8, 4) is 0 Å². The minimum absolute atomic E-state index is 0. The first-order valence-corrected chi connectivity index (χ1v) is 10.4. The maximum atomic E-state index is 12.4. The Labute approximate surface area is 182 Å². The van der Waals surface area contributed by atoms with E-state index in [4.69, 9.17) is 4.98 Å². The molecule has 2 heterocycles. The van der Waals surface area contributed by atoms with Crippen molar-refractivity contribution in [2.45, 2.75) is 59.0 Å². The van der Waals surface area contributed by atoms with E-state index in [1.54, 1.807) is 0 Å². The number of benzene rings is 1. The Hall–Kier alpha value is -2.89. The SMILES string of the molecule is C.C=C(C)CCCNC(=O)N1CCc2nc(NC3Cc4ccccc4C3)ncc2C1.[HH].[HH]. The Morgan fingerprint density at radius 1 is 1.27 bits per heavy atom. The number of hydrogen-bond donors (Lipinski definition) is 2. The molecule has 2 aliphatic rings. The maximum Gasteiger partial charge on any atom is 0.317 e. The molecule has 0 unspecified atom stereocenters. The van der Waals surface area contributed by atoms with Crippen LogP contribution in [0.5, 0.6) is 0 Å². The lowest BCUT2D eigenvalue weighted by molar-refractivity contribution is 0.191. The van der Waals surface area contributed by atoms with Crippen molar-refractivity contribution in [3.05, 3.63) is 65.0 Å². The average Bonchev–Trinajstić information content (AvgIpc) is 3.12. The zero-order valence-electron chi connectivity index (χ0n) is 17.1. The van der Waals surface area contributed by atoms with E-state index in [1.165, 1.54) is 11.1 Å². The molecule has 1 aliphatic heterocycles. The molecule has 4 rings (SSSR count). The van der Waals surface area contributed by atoms with Crippen LogP contribution in [0, 0.1) is 0 Å². The van der Waals surface area contributed by atoms with Crippen molar-refractivity contribution in [3.63, 3.8) is 0 Å². The van der Waals surface area contributed by atoms with E-state index < -0.39 is 0 Å². The van der Waals surface area contributed by atoms with Crippen LogP contribution >= 0.6 is 0 Å². The van der Waals surface area contributed by atoms with Crippen LogP contribution in [0.4, 0.5) is 10.7 Å². The fourth-order valence-corrected chi connectivity index (χ4v) is 4.10. The number of amides is 2. The first-order valence-electron chi connectivity index (χ1n) is 10.4. The standard InChI is InChI=1S/C23H29N5O.CH4.2H2/c1-16(2)6-5-10-24-23(29)28-11-9-21-19(15-28)14-25-22(27-21)26-20-12-17-7-3-4-8-18(17)13-20;;;/h3-4,7-8,14,20H,1,5-6,9-13,15H2,2H3,(H,24,29)(H,25,26,27);1H4;2*1H. The molecular weight excluding hydrogens is 374 g/mol. The summed E-state index contributed by atoms with van der Waals surface area (Å²) in [5.74, 6) is 0.694. The van der Waals surface area contributed by atoms with Gasteiger partial charge in [0.2, 0.25) is 5.95 Å². The molecular formula is C24H37N5O. The van der Waals surface area contributed by atoms with Gasteiger partial charge in [-0.2, -0.15) is 0 Å². The molecule has 6 nitrogen and oxygen atoms in total. The Kier molecular flexibility index (Phi) is 7.08. The summed E-state index contributed by atoms with van der Waals surface area (Å²) in [6.45, 7) is 7.84. The highest BCUT2D eigenvalue weighted by Gasteiger charge is 2.24. The van der Waals surface area contributed by atoms with Gasteiger partial charge in [-0.3, -0.25) is 0 Å². The Bertz CT molecular complexity index is 896. The molecule has 6 heteroatoms. The number of carbonyl (C=O) groups is 1. The van der Waals surface area contributed by atoms with E-state index in [-0.39, 0.29) is 16.3 Å². The van der Waals surface area contributed by atoms with Gasteiger partial charge in [-0.1, -0.05) is 37.3 Å². The summed E-state index contributed by atoms with van der Waals surface area (Å²) in [6, 6.07) is 8.92. The number of carbonyl (C=O) groups excluding carboxylic acids is 1. The van der Waals surface area contributed by atoms with E-state index >= 15 is 0 Å². The molecule has 0 saturated heterocycles. The second kappa shape index (κ2) is 9.74. The van der Waals surface area contributed by atoms with E-state index in [1.807, 2.05) is 18.0 Å². The van der Waals surface area contributed by atoms with Gasteiger partial charge in [-0.05, 0) is 43.7 Å². The molecule has 0 fully saturated rings. The van der Waals surface area contributed by atoms with E-state index in [2.05, 4.69) is 46.5 Å². The number of aromatic nitrogens is 2. The van der Waals surface area contributed by atoms with Crippen LogP contribution in [0.15, 0.2) is 42.6 Å². The predicted molar refractivity (Wildman–Crippen MR) is 126 cm³/mol. The van der Waals surface area contributed by atoms with Gasteiger partial charge in [0.1, 0.15) is 0 Å². The first-order chi connectivity index (χ1) is 14.1. The molecule has 1 aromatic carbocycles. The van der Waals surface area contributed by atoms with Crippen LogP contribution in [0.3, 0.4) is 0 Å². The summed E-state index contributed by atoms with van der Waals surface area (Å²) < 4.78 is 0. The molecule has 1 aromatic heterocycles. The second-order valence-electron chi connectivity index (χ2n) is 8.15. The summed E-state index contributed by atoms with van der Waals surface area (Å²) in [4.78, 5) is 23.5. The minimum atomic E-state index is -0.0108. The topological polar surface area (TPSA) is 70.2 Å². The van der Waals surface area contributed by atoms with Crippen LogP contribution in [0.2, 0.25) is 0 Å². The molecule has 1 aliphatic carbocycles. The predicted octanol–water partition coefficient (Wildman–Crippen LogP) is 4.61. The molecule has 30 heavy (non-hydrogen) atoms. The maximum absolute atomic E-state index is 12.4. The Balaban J connectivity index is 0.00000171. The third-order valence-corrected chi connectivity index (χ3v) is 5.66.